The monoisotopic (exact) mass is 543 g/mol. The summed E-state index contributed by atoms with van der Waals surface area (Å²) in [5, 5.41) is 11.0. The summed E-state index contributed by atoms with van der Waals surface area (Å²) in [7, 11) is 1.57. The van der Waals surface area contributed by atoms with Crippen LogP contribution in [0, 0.1) is 32.6 Å². The Bertz CT molecular complexity index is 1430. The Labute approximate surface area is 235 Å². The van der Waals surface area contributed by atoms with Gasteiger partial charge in [-0.05, 0) is 69.9 Å². The van der Waals surface area contributed by atoms with E-state index in [2.05, 4.69) is 0 Å². The highest BCUT2D eigenvalue weighted by atomic mass is 16.5. The SMILES string of the molecule is COc1ccc(C2C(C(=O)c3cc(C)oc3C)C(c3cccc(C)c3)N(C(=O)C3CCCC3)C2(C)C(=O)O)cc1. The molecule has 3 aromatic rings. The fourth-order valence-corrected chi connectivity index (χ4v) is 7.01. The maximum Gasteiger partial charge on any atom is 0.330 e. The van der Waals surface area contributed by atoms with Gasteiger partial charge in [0.25, 0.3) is 0 Å². The highest BCUT2D eigenvalue weighted by Crippen LogP contribution is 2.57. The Kier molecular flexibility index (Phi) is 7.34. The molecule has 5 rings (SSSR count). The maximum atomic E-state index is 14.6. The van der Waals surface area contributed by atoms with Crippen LogP contribution < -0.4 is 4.74 Å². The van der Waals surface area contributed by atoms with Gasteiger partial charge in [-0.3, -0.25) is 9.59 Å². The number of likely N-dealkylation sites (tertiary alicyclic amines) is 1. The van der Waals surface area contributed by atoms with Gasteiger partial charge in [0.2, 0.25) is 5.91 Å². The van der Waals surface area contributed by atoms with E-state index >= 15 is 0 Å². The van der Waals surface area contributed by atoms with Gasteiger partial charge in [0, 0.05) is 11.8 Å². The van der Waals surface area contributed by atoms with Crippen LogP contribution in [0.25, 0.3) is 0 Å². The zero-order valence-corrected chi connectivity index (χ0v) is 23.8. The zero-order chi connectivity index (χ0) is 28.8. The maximum absolute atomic E-state index is 14.6. The van der Waals surface area contributed by atoms with E-state index in [-0.39, 0.29) is 17.6 Å². The summed E-state index contributed by atoms with van der Waals surface area (Å²) in [5.74, 6) is -1.80. The van der Waals surface area contributed by atoms with Crippen molar-refractivity contribution in [1.82, 2.24) is 4.90 Å². The molecule has 4 unspecified atom stereocenters. The Morgan fingerprint density at radius 3 is 2.20 bits per heavy atom. The van der Waals surface area contributed by atoms with Gasteiger partial charge in [-0.25, -0.2) is 4.79 Å². The van der Waals surface area contributed by atoms with E-state index in [1.165, 1.54) is 0 Å². The number of hydrogen-bond acceptors (Lipinski definition) is 5. The quantitative estimate of drug-likeness (QED) is 0.346. The lowest BCUT2D eigenvalue weighted by molar-refractivity contribution is -0.159. The molecule has 0 bridgehead atoms. The van der Waals surface area contributed by atoms with E-state index in [9.17, 15) is 19.5 Å². The van der Waals surface area contributed by atoms with Crippen molar-refractivity contribution < 1.29 is 28.6 Å². The third kappa shape index (κ3) is 4.51. The number of nitrogens with zero attached hydrogens (tertiary/aromatic N) is 1. The molecule has 2 heterocycles. The molecule has 2 fully saturated rings. The van der Waals surface area contributed by atoms with Gasteiger partial charge >= 0.3 is 5.97 Å². The number of hydrogen-bond donors (Lipinski definition) is 1. The molecule has 7 heteroatoms. The number of carbonyl (C=O) groups excluding carboxylic acids is 2. The number of aliphatic carboxylic acids is 1. The molecule has 4 atom stereocenters. The van der Waals surface area contributed by atoms with Gasteiger partial charge < -0.3 is 19.2 Å². The Morgan fingerprint density at radius 2 is 1.65 bits per heavy atom. The van der Waals surface area contributed by atoms with E-state index in [0.717, 1.165) is 36.8 Å². The molecule has 210 valence electrons. The molecule has 1 saturated heterocycles. The lowest BCUT2D eigenvalue weighted by Crippen LogP contribution is -2.55. The van der Waals surface area contributed by atoms with Crippen LogP contribution in [0.2, 0.25) is 0 Å². The minimum atomic E-state index is -1.68. The second kappa shape index (κ2) is 10.6. The average molecular weight is 544 g/mol. The number of carbonyl (C=O) groups is 3. The highest BCUT2D eigenvalue weighted by molar-refractivity contribution is 6.03. The van der Waals surface area contributed by atoms with Crippen LogP contribution in [-0.2, 0) is 9.59 Å². The van der Waals surface area contributed by atoms with Gasteiger partial charge in [0.1, 0.15) is 22.8 Å². The molecule has 0 radical (unpaired) electrons. The van der Waals surface area contributed by atoms with Crippen LogP contribution in [-0.4, -0.2) is 40.3 Å². The number of carboxylic acid groups (broad SMARTS) is 1. The van der Waals surface area contributed by atoms with Crippen LogP contribution in [0.15, 0.2) is 59.0 Å². The first-order valence-corrected chi connectivity index (χ1v) is 14.0. The van der Waals surface area contributed by atoms with Crippen molar-refractivity contribution in [3.63, 3.8) is 0 Å². The average Bonchev–Trinajstić information content (AvgIpc) is 3.65. The standard InChI is InChI=1S/C33H37NO6/c1-19-9-8-12-24(17-19)29-27(30(35)26-18-20(2)40-21(26)3)28(22-13-15-25(39-5)16-14-22)33(4,32(37)38)34(29)31(36)23-10-6-7-11-23/h8-9,12-18,23,27-29H,6-7,10-11H2,1-5H3,(H,37,38). The first-order valence-electron chi connectivity index (χ1n) is 14.0. The number of rotatable bonds is 7. The van der Waals surface area contributed by atoms with Crippen molar-refractivity contribution in [3.8, 4) is 5.75 Å². The van der Waals surface area contributed by atoms with E-state index in [1.54, 1.807) is 51.0 Å². The summed E-state index contributed by atoms with van der Waals surface area (Å²) in [6, 6.07) is 15.8. The van der Waals surface area contributed by atoms with Crippen LogP contribution in [0.1, 0.15) is 83.1 Å². The van der Waals surface area contributed by atoms with Gasteiger partial charge in [-0.1, -0.05) is 54.8 Å². The number of aryl methyl sites for hydroxylation is 3. The summed E-state index contributed by atoms with van der Waals surface area (Å²) in [6.45, 7) is 7.10. The fourth-order valence-electron chi connectivity index (χ4n) is 7.01. The number of Topliss-reactive ketones (excluding diaryl/α,β-unsaturated/α-hetero) is 1. The number of ether oxygens (including phenoxy) is 1. The van der Waals surface area contributed by atoms with Crippen molar-refractivity contribution in [2.75, 3.05) is 7.11 Å². The molecule has 1 N–H and O–H groups in total. The number of furan rings is 1. The predicted molar refractivity (Wildman–Crippen MR) is 151 cm³/mol. The third-order valence-electron chi connectivity index (χ3n) is 8.93. The molecule has 1 aliphatic heterocycles. The smallest absolute Gasteiger partial charge is 0.330 e. The van der Waals surface area contributed by atoms with E-state index < -0.39 is 29.4 Å². The fraction of sp³-hybridized carbons (Fsp3) is 0.424. The minimum Gasteiger partial charge on any atom is -0.497 e. The molecular formula is C33H37NO6. The molecule has 40 heavy (non-hydrogen) atoms. The molecular weight excluding hydrogens is 506 g/mol. The third-order valence-corrected chi connectivity index (χ3v) is 8.93. The Morgan fingerprint density at radius 1 is 0.975 bits per heavy atom. The van der Waals surface area contributed by atoms with E-state index in [1.807, 2.05) is 43.3 Å². The molecule has 1 aromatic heterocycles. The van der Waals surface area contributed by atoms with Gasteiger partial charge in [-0.15, -0.1) is 0 Å². The highest BCUT2D eigenvalue weighted by Gasteiger charge is 2.65. The Balaban J connectivity index is 1.80. The summed E-state index contributed by atoms with van der Waals surface area (Å²) in [5.41, 5.74) is 1.13. The first-order chi connectivity index (χ1) is 19.1. The lowest BCUT2D eigenvalue weighted by Gasteiger charge is -2.39. The number of carboxylic acids is 1. The normalized spacial score (nSPS) is 24.8. The predicted octanol–water partition coefficient (Wildman–Crippen LogP) is 6.41. The van der Waals surface area contributed by atoms with Crippen LogP contribution >= 0.6 is 0 Å². The van der Waals surface area contributed by atoms with Crippen molar-refractivity contribution in [2.45, 2.75) is 70.9 Å². The molecule has 1 amide bonds. The molecule has 2 aliphatic rings. The van der Waals surface area contributed by atoms with Crippen molar-refractivity contribution >= 4 is 17.7 Å². The lowest BCUT2D eigenvalue weighted by atomic mass is 9.71. The Hall–Kier alpha value is -3.87. The van der Waals surface area contributed by atoms with Crippen molar-refractivity contribution in [3.05, 3.63) is 88.4 Å². The minimum absolute atomic E-state index is 0.192. The van der Waals surface area contributed by atoms with E-state index in [4.69, 9.17) is 9.15 Å². The number of methoxy groups -OCH3 is 1. The second-order valence-electron chi connectivity index (χ2n) is 11.5. The van der Waals surface area contributed by atoms with Gasteiger partial charge in [-0.2, -0.15) is 0 Å². The second-order valence-corrected chi connectivity index (χ2v) is 11.5. The number of benzene rings is 2. The van der Waals surface area contributed by atoms with Gasteiger partial charge in [0.05, 0.1) is 24.6 Å². The molecule has 1 saturated carbocycles. The van der Waals surface area contributed by atoms with Crippen molar-refractivity contribution in [2.24, 2.45) is 11.8 Å². The molecule has 1 aliphatic carbocycles. The number of amides is 1. The zero-order valence-electron chi connectivity index (χ0n) is 23.8. The summed E-state index contributed by atoms with van der Waals surface area (Å²) < 4.78 is 11.1. The first kappa shape index (κ1) is 27.7. The number of ketones is 1. The topological polar surface area (TPSA) is 97.0 Å². The molecule has 7 nitrogen and oxygen atoms in total. The van der Waals surface area contributed by atoms with Gasteiger partial charge in [0.15, 0.2) is 5.78 Å². The molecule has 0 spiro atoms. The van der Waals surface area contributed by atoms with Crippen LogP contribution in [0.3, 0.4) is 0 Å². The largest absolute Gasteiger partial charge is 0.497 e. The summed E-state index contributed by atoms with van der Waals surface area (Å²) in [4.78, 5) is 44.0. The van der Waals surface area contributed by atoms with Crippen molar-refractivity contribution in [1.29, 1.82) is 0 Å². The van der Waals surface area contributed by atoms with E-state index in [0.29, 0.717) is 28.4 Å². The van der Waals surface area contributed by atoms with Crippen LogP contribution in [0.4, 0.5) is 0 Å². The molecule has 2 aromatic carbocycles. The summed E-state index contributed by atoms with van der Waals surface area (Å²) >= 11 is 0. The van der Waals surface area contributed by atoms with Crippen LogP contribution in [0.5, 0.6) is 5.75 Å². The summed E-state index contributed by atoms with van der Waals surface area (Å²) in [6.07, 6.45) is 3.30.